The van der Waals surface area contributed by atoms with Gasteiger partial charge in [0.15, 0.2) is 0 Å². The number of fused-ring (bicyclic) bond motifs is 14. The van der Waals surface area contributed by atoms with Crippen LogP contribution in [0.3, 0.4) is 0 Å². The molecule has 0 unspecified atom stereocenters. The molecule has 15 rings (SSSR count). The van der Waals surface area contributed by atoms with Crippen molar-refractivity contribution in [3.8, 4) is 44.5 Å². The second-order valence-corrected chi connectivity index (χ2v) is 20.4. The Balaban J connectivity index is 0.951. The van der Waals surface area contributed by atoms with E-state index < -0.39 is 5.41 Å². The monoisotopic (exact) mass is 932 g/mol. The summed E-state index contributed by atoms with van der Waals surface area (Å²) in [5.74, 6) is 0. The lowest BCUT2D eigenvalue weighted by Crippen LogP contribution is -2.42. The van der Waals surface area contributed by atoms with Crippen molar-refractivity contribution >= 4 is 56.1 Å². The third-order valence-corrected chi connectivity index (χ3v) is 16.3. The SMILES string of the molecule is CC1(C)c2ccccc2-c2ccc(-c3ccc4c(c3)C3(c5ccccc5N(c5ccc(-c6ccccc6)cc5)c5ccccc53)c3ccccc3N4c3ccc(-c4cccc5c4oc4ccccc45)cc3)cc21. The molecule has 0 bridgehead atoms. The van der Waals surface area contributed by atoms with E-state index in [1.54, 1.807) is 0 Å². The lowest BCUT2D eigenvalue weighted by molar-refractivity contribution is 0.660. The van der Waals surface area contributed by atoms with Crippen LogP contribution in [0.4, 0.5) is 34.1 Å². The Hall–Kier alpha value is -9.18. The molecule has 73 heavy (non-hydrogen) atoms. The number of anilines is 6. The van der Waals surface area contributed by atoms with Crippen LogP contribution in [-0.4, -0.2) is 0 Å². The van der Waals surface area contributed by atoms with Crippen molar-refractivity contribution in [3.63, 3.8) is 0 Å². The van der Waals surface area contributed by atoms with Gasteiger partial charge in [0.05, 0.1) is 28.2 Å². The molecule has 0 N–H and O–H groups in total. The summed E-state index contributed by atoms with van der Waals surface area (Å²) >= 11 is 0. The van der Waals surface area contributed by atoms with Crippen LogP contribution in [0, 0.1) is 0 Å². The number of furan rings is 1. The van der Waals surface area contributed by atoms with Gasteiger partial charge in [-0.1, -0.05) is 202 Å². The van der Waals surface area contributed by atoms with Crippen LogP contribution in [-0.2, 0) is 10.8 Å². The van der Waals surface area contributed by atoms with Gasteiger partial charge in [-0.05, 0) is 139 Å². The quantitative estimate of drug-likeness (QED) is 0.171. The minimum atomic E-state index is -0.699. The van der Waals surface area contributed by atoms with Crippen molar-refractivity contribution in [2.75, 3.05) is 9.80 Å². The van der Waals surface area contributed by atoms with E-state index in [1.165, 1.54) is 66.8 Å². The second kappa shape index (κ2) is 15.7. The number of rotatable bonds is 5. The summed E-state index contributed by atoms with van der Waals surface area (Å²) in [6.45, 7) is 4.74. The van der Waals surface area contributed by atoms with Gasteiger partial charge in [0, 0.05) is 33.1 Å². The Labute approximate surface area is 425 Å². The molecule has 0 amide bonds. The summed E-state index contributed by atoms with van der Waals surface area (Å²) in [5.41, 5.74) is 25.2. The van der Waals surface area contributed by atoms with Gasteiger partial charge < -0.3 is 14.2 Å². The van der Waals surface area contributed by atoms with E-state index in [-0.39, 0.29) is 5.41 Å². The zero-order valence-corrected chi connectivity index (χ0v) is 40.6. The van der Waals surface area contributed by atoms with Gasteiger partial charge in [-0.3, -0.25) is 0 Å². The molecule has 1 aromatic heterocycles. The fraction of sp³-hybridized carbons (Fsp3) is 0.0571. The Bertz CT molecular complexity index is 4130. The largest absolute Gasteiger partial charge is 0.455 e. The van der Waals surface area contributed by atoms with E-state index in [0.717, 1.165) is 67.2 Å². The molecule has 3 nitrogen and oxygen atoms in total. The van der Waals surface area contributed by atoms with Crippen LogP contribution in [0.2, 0.25) is 0 Å². The van der Waals surface area contributed by atoms with E-state index in [9.17, 15) is 0 Å². The highest BCUT2D eigenvalue weighted by molar-refractivity contribution is 6.09. The van der Waals surface area contributed by atoms with Crippen LogP contribution < -0.4 is 9.80 Å². The average molecular weight is 933 g/mol. The lowest BCUT2D eigenvalue weighted by Gasteiger charge is -2.51. The molecular formula is C70H48N2O. The molecule has 3 aliphatic rings. The predicted octanol–water partition coefficient (Wildman–Crippen LogP) is 18.8. The van der Waals surface area contributed by atoms with E-state index in [0.29, 0.717) is 0 Å². The maximum Gasteiger partial charge on any atom is 0.143 e. The van der Waals surface area contributed by atoms with Crippen LogP contribution in [0.1, 0.15) is 47.2 Å². The molecule has 3 heterocycles. The lowest BCUT2D eigenvalue weighted by atomic mass is 9.60. The van der Waals surface area contributed by atoms with Crippen LogP contribution in [0.5, 0.6) is 0 Å². The van der Waals surface area contributed by atoms with Crippen LogP contribution in [0.25, 0.3) is 66.4 Å². The minimum absolute atomic E-state index is 0.126. The highest BCUT2D eigenvalue weighted by Crippen LogP contribution is 2.64. The predicted molar refractivity (Wildman–Crippen MR) is 302 cm³/mol. The van der Waals surface area contributed by atoms with Crippen molar-refractivity contribution in [3.05, 3.63) is 288 Å². The number of benzene rings is 11. The highest BCUT2D eigenvalue weighted by atomic mass is 16.3. The van der Waals surface area contributed by atoms with Gasteiger partial charge in [0.25, 0.3) is 0 Å². The van der Waals surface area contributed by atoms with Crippen molar-refractivity contribution < 1.29 is 4.42 Å². The van der Waals surface area contributed by atoms with Gasteiger partial charge in [-0.25, -0.2) is 0 Å². The molecule has 0 atom stereocenters. The Morgan fingerprint density at radius 3 is 1.41 bits per heavy atom. The zero-order valence-electron chi connectivity index (χ0n) is 40.6. The standard InChI is InChI=1S/C70H48N2O/c1-69(2)57-23-8-6-19-53(57)54-41-35-48(43-61(54)69)49-36-42-66-62(44-49)70(58-24-9-12-27-63(58)71(64-28-13-10-25-59(64)70)50-37-31-46(32-38-50)45-17-4-3-5-18-45)60-26-11-14-29-65(60)72(66)51-39-33-47(34-40-51)52-21-16-22-56-55-20-7-15-30-67(55)73-68(52)56/h3-44H,1-2H3. The first-order valence-corrected chi connectivity index (χ1v) is 25.4. The molecule has 1 aliphatic carbocycles. The maximum atomic E-state index is 6.54. The Morgan fingerprint density at radius 2 is 0.753 bits per heavy atom. The van der Waals surface area contributed by atoms with Crippen molar-refractivity contribution in [1.82, 2.24) is 0 Å². The van der Waals surface area contributed by atoms with Gasteiger partial charge in [-0.15, -0.1) is 0 Å². The molecule has 344 valence electrons. The third kappa shape index (κ3) is 5.94. The van der Waals surface area contributed by atoms with Gasteiger partial charge in [0.2, 0.25) is 0 Å². The van der Waals surface area contributed by atoms with E-state index >= 15 is 0 Å². The molecule has 0 saturated carbocycles. The summed E-state index contributed by atoms with van der Waals surface area (Å²) < 4.78 is 6.54. The molecule has 0 radical (unpaired) electrons. The first-order chi connectivity index (χ1) is 36.0. The molecule has 0 fully saturated rings. The number of hydrogen-bond donors (Lipinski definition) is 0. The Kier molecular flexibility index (Phi) is 8.92. The molecule has 11 aromatic carbocycles. The third-order valence-electron chi connectivity index (χ3n) is 16.3. The van der Waals surface area contributed by atoms with Crippen molar-refractivity contribution in [2.45, 2.75) is 24.7 Å². The summed E-state index contributed by atoms with van der Waals surface area (Å²) in [5, 5.41) is 2.26. The second-order valence-electron chi connectivity index (χ2n) is 20.4. The Morgan fingerprint density at radius 1 is 0.301 bits per heavy atom. The molecule has 0 saturated heterocycles. The van der Waals surface area contributed by atoms with Crippen molar-refractivity contribution in [2.24, 2.45) is 0 Å². The summed E-state index contributed by atoms with van der Waals surface area (Å²) in [6, 6.07) is 94.3. The summed E-state index contributed by atoms with van der Waals surface area (Å²) in [6.07, 6.45) is 0. The maximum absolute atomic E-state index is 6.54. The van der Waals surface area contributed by atoms with Crippen LogP contribution in [0.15, 0.2) is 259 Å². The first-order valence-electron chi connectivity index (χ1n) is 25.4. The molecule has 12 aromatic rings. The first kappa shape index (κ1) is 41.6. The fourth-order valence-electron chi connectivity index (χ4n) is 12.9. The van der Waals surface area contributed by atoms with Gasteiger partial charge >= 0.3 is 0 Å². The molecular weight excluding hydrogens is 885 g/mol. The smallest absolute Gasteiger partial charge is 0.143 e. The van der Waals surface area contributed by atoms with Crippen molar-refractivity contribution in [1.29, 1.82) is 0 Å². The number of hydrogen-bond acceptors (Lipinski definition) is 3. The summed E-state index contributed by atoms with van der Waals surface area (Å²) in [4.78, 5) is 4.97. The fourth-order valence-corrected chi connectivity index (χ4v) is 12.9. The van der Waals surface area contributed by atoms with E-state index in [4.69, 9.17) is 4.42 Å². The van der Waals surface area contributed by atoms with E-state index in [2.05, 4.69) is 272 Å². The van der Waals surface area contributed by atoms with Gasteiger partial charge in [0.1, 0.15) is 11.2 Å². The molecule has 1 spiro atoms. The zero-order chi connectivity index (χ0) is 48.4. The average Bonchev–Trinajstić information content (AvgIpc) is 3.95. The normalized spacial score (nSPS) is 14.3. The van der Waals surface area contributed by atoms with Crippen LogP contribution >= 0.6 is 0 Å². The topological polar surface area (TPSA) is 19.6 Å². The molecule has 2 aliphatic heterocycles. The number of nitrogens with zero attached hydrogens (tertiary/aromatic N) is 2. The van der Waals surface area contributed by atoms with E-state index in [1.807, 2.05) is 6.07 Å². The number of para-hydroxylation sites is 5. The van der Waals surface area contributed by atoms with Gasteiger partial charge in [-0.2, -0.15) is 0 Å². The summed E-state index contributed by atoms with van der Waals surface area (Å²) in [7, 11) is 0. The minimum Gasteiger partial charge on any atom is -0.455 e. The molecule has 3 heteroatoms. The highest BCUT2D eigenvalue weighted by Gasteiger charge is 2.52.